The molecule has 0 unspecified atom stereocenters. The number of fused-ring (bicyclic) bond motifs is 1. The minimum Gasteiger partial charge on any atom is -0.299 e. The van der Waals surface area contributed by atoms with E-state index >= 15 is 0 Å². The Labute approximate surface area is 152 Å². The van der Waals surface area contributed by atoms with Crippen molar-refractivity contribution in [2.24, 2.45) is 0 Å². The van der Waals surface area contributed by atoms with Gasteiger partial charge in [0.05, 0.1) is 0 Å². The first-order valence-electron chi connectivity index (χ1n) is 8.65. The Hall–Kier alpha value is -2.55. The predicted octanol–water partition coefficient (Wildman–Crippen LogP) is 3.66. The molecule has 0 atom stereocenters. The van der Waals surface area contributed by atoms with Gasteiger partial charge in [0.1, 0.15) is 12.1 Å². The van der Waals surface area contributed by atoms with Gasteiger partial charge in [-0.05, 0) is 38.1 Å². The van der Waals surface area contributed by atoms with Gasteiger partial charge in [-0.1, -0.05) is 18.2 Å². The molecule has 5 nitrogen and oxygen atoms in total. The van der Waals surface area contributed by atoms with Crippen molar-refractivity contribution in [2.45, 2.75) is 31.5 Å². The molecule has 3 heterocycles. The first kappa shape index (κ1) is 17.8. The Bertz CT molecular complexity index is 944. The molecule has 1 aromatic carbocycles. The summed E-state index contributed by atoms with van der Waals surface area (Å²) in [6.07, 6.45) is -2.15. The van der Waals surface area contributed by atoms with E-state index in [0.717, 1.165) is 16.9 Å². The van der Waals surface area contributed by atoms with Crippen LogP contribution in [0.3, 0.4) is 0 Å². The van der Waals surface area contributed by atoms with Crippen LogP contribution in [0.15, 0.2) is 36.7 Å². The quantitative estimate of drug-likeness (QED) is 0.652. The number of aromatic nitrogens is 4. The molecule has 1 aliphatic heterocycles. The standard InChI is InChI=1S/C18H17F4N5/c19-14-4-2-1-3-13(14)10-26-7-5-12(6-8-26)15-9-16(18(20,21)22)27-17(25-15)23-11-24-27/h1-4,9,11-12H,5-8,10H2. The molecule has 142 valence electrons. The summed E-state index contributed by atoms with van der Waals surface area (Å²) in [5.74, 6) is -0.383. The predicted molar refractivity (Wildman–Crippen MR) is 89.4 cm³/mol. The Morgan fingerprint density at radius 1 is 1.11 bits per heavy atom. The van der Waals surface area contributed by atoms with Crippen molar-refractivity contribution in [1.82, 2.24) is 24.5 Å². The van der Waals surface area contributed by atoms with Crippen LogP contribution in [-0.4, -0.2) is 37.6 Å². The molecule has 1 aliphatic rings. The number of halogens is 4. The van der Waals surface area contributed by atoms with Gasteiger partial charge in [0.15, 0.2) is 5.69 Å². The van der Waals surface area contributed by atoms with E-state index in [1.165, 1.54) is 6.07 Å². The number of alkyl halides is 3. The molecule has 2 aromatic heterocycles. The van der Waals surface area contributed by atoms with E-state index in [4.69, 9.17) is 0 Å². The zero-order valence-electron chi connectivity index (χ0n) is 14.3. The average molecular weight is 379 g/mol. The summed E-state index contributed by atoms with van der Waals surface area (Å²) >= 11 is 0. The monoisotopic (exact) mass is 379 g/mol. The maximum absolute atomic E-state index is 13.8. The van der Waals surface area contributed by atoms with Gasteiger partial charge in [0, 0.05) is 23.7 Å². The summed E-state index contributed by atoms with van der Waals surface area (Å²) in [5, 5.41) is 3.62. The summed E-state index contributed by atoms with van der Waals surface area (Å²) < 4.78 is 54.5. The molecule has 0 spiro atoms. The zero-order chi connectivity index (χ0) is 19.0. The van der Waals surface area contributed by atoms with Gasteiger partial charge in [0.25, 0.3) is 5.78 Å². The van der Waals surface area contributed by atoms with Crippen molar-refractivity contribution in [3.63, 3.8) is 0 Å². The number of rotatable bonds is 3. The fourth-order valence-corrected chi connectivity index (χ4v) is 3.50. The highest BCUT2D eigenvalue weighted by molar-refractivity contribution is 5.33. The number of hydrogen-bond acceptors (Lipinski definition) is 4. The third-order valence-electron chi connectivity index (χ3n) is 4.92. The smallest absolute Gasteiger partial charge is 0.299 e. The SMILES string of the molecule is Fc1ccccc1CN1CCC(c2cc(C(F)(F)F)n3ncnc3n2)CC1. The topological polar surface area (TPSA) is 46.3 Å². The lowest BCUT2D eigenvalue weighted by Gasteiger charge is -2.32. The van der Waals surface area contributed by atoms with E-state index < -0.39 is 11.9 Å². The van der Waals surface area contributed by atoms with Crippen LogP contribution < -0.4 is 0 Å². The Morgan fingerprint density at radius 2 is 1.85 bits per heavy atom. The van der Waals surface area contributed by atoms with Crippen LogP contribution >= 0.6 is 0 Å². The third kappa shape index (κ3) is 3.64. The van der Waals surface area contributed by atoms with Crippen LogP contribution in [0, 0.1) is 5.82 Å². The molecule has 9 heteroatoms. The Morgan fingerprint density at radius 3 is 2.56 bits per heavy atom. The first-order chi connectivity index (χ1) is 12.9. The molecule has 0 N–H and O–H groups in total. The highest BCUT2D eigenvalue weighted by atomic mass is 19.4. The molecular weight excluding hydrogens is 362 g/mol. The Kier molecular flexibility index (Phi) is 4.55. The van der Waals surface area contributed by atoms with Crippen molar-refractivity contribution >= 4 is 5.78 Å². The lowest BCUT2D eigenvalue weighted by molar-refractivity contribution is -0.142. The summed E-state index contributed by atoms with van der Waals surface area (Å²) in [6, 6.07) is 7.69. The maximum atomic E-state index is 13.8. The number of benzene rings is 1. The van der Waals surface area contributed by atoms with E-state index in [1.807, 2.05) is 0 Å². The third-order valence-corrected chi connectivity index (χ3v) is 4.92. The van der Waals surface area contributed by atoms with Crippen LogP contribution in [0.2, 0.25) is 0 Å². The summed E-state index contributed by atoms with van der Waals surface area (Å²) in [7, 11) is 0. The molecule has 0 saturated carbocycles. The highest BCUT2D eigenvalue weighted by Crippen LogP contribution is 2.33. The average Bonchev–Trinajstić information content (AvgIpc) is 3.11. The van der Waals surface area contributed by atoms with E-state index in [1.54, 1.807) is 18.2 Å². The first-order valence-corrected chi connectivity index (χ1v) is 8.65. The number of nitrogens with zero attached hydrogens (tertiary/aromatic N) is 5. The van der Waals surface area contributed by atoms with Gasteiger partial charge in [-0.3, -0.25) is 4.90 Å². The Balaban J connectivity index is 1.51. The molecular formula is C18H17F4N5. The minimum atomic E-state index is -4.53. The molecule has 27 heavy (non-hydrogen) atoms. The number of hydrogen-bond donors (Lipinski definition) is 0. The highest BCUT2D eigenvalue weighted by Gasteiger charge is 2.36. The number of likely N-dealkylation sites (tertiary alicyclic amines) is 1. The summed E-state index contributed by atoms with van der Waals surface area (Å²) in [6.45, 7) is 1.82. The van der Waals surface area contributed by atoms with Gasteiger partial charge in [-0.2, -0.15) is 27.8 Å². The second-order valence-electron chi connectivity index (χ2n) is 6.68. The molecule has 0 radical (unpaired) electrons. The van der Waals surface area contributed by atoms with Crippen LogP contribution in [0.4, 0.5) is 17.6 Å². The molecule has 4 rings (SSSR count). The van der Waals surface area contributed by atoms with E-state index in [0.29, 0.717) is 43.7 Å². The van der Waals surface area contributed by atoms with E-state index in [2.05, 4.69) is 20.0 Å². The van der Waals surface area contributed by atoms with Crippen LogP contribution in [0.5, 0.6) is 0 Å². The lowest BCUT2D eigenvalue weighted by Crippen LogP contribution is -2.33. The van der Waals surface area contributed by atoms with Crippen molar-refractivity contribution in [3.05, 3.63) is 59.4 Å². The fourth-order valence-electron chi connectivity index (χ4n) is 3.50. The number of piperidine rings is 1. The van der Waals surface area contributed by atoms with Gasteiger partial charge >= 0.3 is 6.18 Å². The van der Waals surface area contributed by atoms with Crippen molar-refractivity contribution in [3.8, 4) is 0 Å². The van der Waals surface area contributed by atoms with E-state index in [9.17, 15) is 17.6 Å². The largest absolute Gasteiger partial charge is 0.433 e. The molecule has 1 saturated heterocycles. The normalized spacial score (nSPS) is 16.9. The summed E-state index contributed by atoms with van der Waals surface area (Å²) in [4.78, 5) is 10.2. The van der Waals surface area contributed by atoms with Crippen molar-refractivity contribution in [1.29, 1.82) is 0 Å². The summed E-state index contributed by atoms with van der Waals surface area (Å²) in [5.41, 5.74) is 0.139. The van der Waals surface area contributed by atoms with E-state index in [-0.39, 0.29) is 17.5 Å². The molecule has 1 fully saturated rings. The molecule has 0 bridgehead atoms. The van der Waals surface area contributed by atoms with Gasteiger partial charge in [-0.25, -0.2) is 9.37 Å². The molecule has 0 amide bonds. The van der Waals surface area contributed by atoms with Crippen molar-refractivity contribution < 1.29 is 17.6 Å². The minimum absolute atomic E-state index is 0.0476. The zero-order valence-corrected chi connectivity index (χ0v) is 14.3. The van der Waals surface area contributed by atoms with Gasteiger partial charge < -0.3 is 0 Å². The lowest BCUT2D eigenvalue weighted by atomic mass is 9.92. The maximum Gasteiger partial charge on any atom is 0.433 e. The van der Waals surface area contributed by atoms with Gasteiger partial charge in [0.2, 0.25) is 0 Å². The van der Waals surface area contributed by atoms with Crippen molar-refractivity contribution in [2.75, 3.05) is 13.1 Å². The van der Waals surface area contributed by atoms with Crippen LogP contribution in [0.25, 0.3) is 5.78 Å². The second-order valence-corrected chi connectivity index (χ2v) is 6.68. The van der Waals surface area contributed by atoms with Gasteiger partial charge in [-0.15, -0.1) is 0 Å². The second kappa shape index (κ2) is 6.88. The van der Waals surface area contributed by atoms with Crippen LogP contribution in [-0.2, 0) is 12.7 Å². The molecule has 0 aliphatic carbocycles. The van der Waals surface area contributed by atoms with Crippen LogP contribution in [0.1, 0.15) is 35.7 Å². The fraction of sp³-hybridized carbons (Fsp3) is 0.389. The molecule has 3 aromatic rings.